The van der Waals surface area contributed by atoms with E-state index in [9.17, 15) is 33.9 Å². The number of aromatic amines is 1. The van der Waals surface area contributed by atoms with E-state index >= 15 is 0 Å². The van der Waals surface area contributed by atoms with Crippen molar-refractivity contribution >= 4 is 35.6 Å². The van der Waals surface area contributed by atoms with Crippen LogP contribution in [0.4, 0.5) is 0 Å². The summed E-state index contributed by atoms with van der Waals surface area (Å²) in [5.41, 5.74) is 10.8. The lowest BCUT2D eigenvalue weighted by Gasteiger charge is -2.24. The number of aliphatic carboxylic acids is 2. The van der Waals surface area contributed by atoms with E-state index in [1.54, 1.807) is 0 Å². The fraction of sp³-hybridized carbons (Fsp3) is 0.500. The van der Waals surface area contributed by atoms with Gasteiger partial charge < -0.3 is 47.7 Å². The molecule has 1 aromatic heterocycles. The van der Waals surface area contributed by atoms with Gasteiger partial charge in [-0.3, -0.25) is 24.0 Å². The Morgan fingerprint density at radius 1 is 0.971 bits per heavy atom. The van der Waals surface area contributed by atoms with Crippen molar-refractivity contribution in [3.8, 4) is 0 Å². The second-order valence-corrected chi connectivity index (χ2v) is 7.19. The van der Waals surface area contributed by atoms with Crippen LogP contribution in [0.3, 0.4) is 0 Å². The summed E-state index contributed by atoms with van der Waals surface area (Å²) in [6, 6.07) is -6.01. The van der Waals surface area contributed by atoms with Gasteiger partial charge in [0.05, 0.1) is 19.4 Å². The molecule has 0 aliphatic heterocycles. The van der Waals surface area contributed by atoms with Crippen LogP contribution in [0, 0.1) is 0 Å². The van der Waals surface area contributed by atoms with Gasteiger partial charge in [-0.2, -0.15) is 0 Å². The molecule has 16 heteroatoms. The molecular formula is C18H27N7O9. The number of carbonyl (C=O) groups excluding carboxylic acids is 4. The Kier molecular flexibility index (Phi) is 11.1. The van der Waals surface area contributed by atoms with E-state index < -0.39 is 72.8 Å². The van der Waals surface area contributed by atoms with Crippen LogP contribution in [0.15, 0.2) is 12.5 Å². The lowest BCUT2D eigenvalue weighted by atomic mass is 10.1. The van der Waals surface area contributed by atoms with Crippen LogP contribution in [0.1, 0.15) is 25.0 Å². The number of carbonyl (C=O) groups is 6. The number of carboxylic acid groups (broad SMARTS) is 2. The van der Waals surface area contributed by atoms with Gasteiger partial charge in [0, 0.05) is 24.7 Å². The number of amides is 4. The van der Waals surface area contributed by atoms with E-state index in [4.69, 9.17) is 21.7 Å². The fourth-order valence-corrected chi connectivity index (χ4v) is 2.66. The summed E-state index contributed by atoms with van der Waals surface area (Å²) in [7, 11) is 0. The number of aromatic nitrogens is 2. The van der Waals surface area contributed by atoms with Crippen LogP contribution in [-0.2, 0) is 35.2 Å². The summed E-state index contributed by atoms with van der Waals surface area (Å²) < 4.78 is 0. The predicted molar refractivity (Wildman–Crippen MR) is 111 cm³/mol. The van der Waals surface area contributed by atoms with Gasteiger partial charge in [-0.05, 0) is 6.42 Å². The standard InChI is InChI=1S/C18H27N7O9/c19-9(6-26)15(30)24-11(3-8-5-21-7-22-8)16(31)25-12(4-14(28)29)17(32)23-10(18(33)34)1-2-13(20)27/h5,7,9-12,26H,1-4,6,19H2,(H2,20,27)(H,21,22)(H,23,32)(H,24,30)(H,25,31)(H,28,29)(H,33,34). The highest BCUT2D eigenvalue weighted by Crippen LogP contribution is 2.04. The van der Waals surface area contributed by atoms with Crippen LogP contribution in [0.5, 0.6) is 0 Å². The van der Waals surface area contributed by atoms with E-state index in [0.717, 1.165) is 0 Å². The second kappa shape index (κ2) is 13.5. The maximum absolute atomic E-state index is 12.8. The maximum Gasteiger partial charge on any atom is 0.326 e. The molecule has 0 aromatic carbocycles. The molecular weight excluding hydrogens is 458 g/mol. The SMILES string of the molecule is NC(=O)CCC(NC(=O)C(CC(=O)O)NC(=O)C(Cc1cnc[nH]1)NC(=O)C(N)CO)C(=O)O. The van der Waals surface area contributed by atoms with E-state index in [1.165, 1.54) is 12.5 Å². The van der Waals surface area contributed by atoms with Gasteiger partial charge in [0.2, 0.25) is 23.6 Å². The molecule has 0 bridgehead atoms. The number of imidazole rings is 1. The first-order chi connectivity index (χ1) is 15.9. The van der Waals surface area contributed by atoms with Crippen molar-refractivity contribution in [1.29, 1.82) is 0 Å². The summed E-state index contributed by atoms with van der Waals surface area (Å²) in [6.07, 6.45) is 0.868. The minimum absolute atomic E-state index is 0.159. The van der Waals surface area contributed by atoms with Crippen LogP contribution in [-0.4, -0.2) is 91.6 Å². The number of nitrogens with one attached hydrogen (secondary N) is 4. The summed E-state index contributed by atoms with van der Waals surface area (Å²) in [5, 5.41) is 33.9. The second-order valence-electron chi connectivity index (χ2n) is 7.19. The number of hydrogen-bond acceptors (Lipinski definition) is 9. The van der Waals surface area contributed by atoms with Gasteiger partial charge in [-0.1, -0.05) is 0 Å². The van der Waals surface area contributed by atoms with Gasteiger partial charge >= 0.3 is 11.9 Å². The lowest BCUT2D eigenvalue weighted by Crippen LogP contribution is -2.58. The highest BCUT2D eigenvalue weighted by molar-refractivity contribution is 5.95. The van der Waals surface area contributed by atoms with Crippen LogP contribution in [0.25, 0.3) is 0 Å². The Bertz CT molecular complexity index is 890. The monoisotopic (exact) mass is 485 g/mol. The summed E-state index contributed by atoms with van der Waals surface area (Å²) >= 11 is 0. The first-order valence-corrected chi connectivity index (χ1v) is 9.92. The molecule has 0 fully saturated rings. The molecule has 0 spiro atoms. The highest BCUT2D eigenvalue weighted by atomic mass is 16.4. The molecule has 16 nitrogen and oxygen atoms in total. The maximum atomic E-state index is 12.8. The van der Waals surface area contributed by atoms with Gasteiger partial charge in [0.25, 0.3) is 0 Å². The van der Waals surface area contributed by atoms with Crippen molar-refractivity contribution in [2.24, 2.45) is 11.5 Å². The van der Waals surface area contributed by atoms with Gasteiger partial charge in [-0.25, -0.2) is 9.78 Å². The minimum Gasteiger partial charge on any atom is -0.481 e. The minimum atomic E-state index is -1.73. The third-order valence-electron chi connectivity index (χ3n) is 4.45. The quantitative estimate of drug-likeness (QED) is 0.114. The molecule has 1 rings (SSSR count). The number of carboxylic acids is 2. The number of aliphatic hydroxyl groups excluding tert-OH is 1. The van der Waals surface area contributed by atoms with Crippen molar-refractivity contribution in [1.82, 2.24) is 25.9 Å². The van der Waals surface area contributed by atoms with E-state index in [2.05, 4.69) is 25.9 Å². The summed E-state index contributed by atoms with van der Waals surface area (Å²) in [6.45, 7) is -0.712. The number of nitrogens with two attached hydrogens (primary N) is 2. The Balaban J connectivity index is 3.03. The number of nitrogens with zero attached hydrogens (tertiary/aromatic N) is 1. The molecule has 1 heterocycles. The number of rotatable bonds is 15. The molecule has 1 aromatic rings. The Morgan fingerprint density at radius 2 is 1.56 bits per heavy atom. The molecule has 0 radical (unpaired) electrons. The molecule has 4 atom stereocenters. The Labute approximate surface area is 192 Å². The largest absolute Gasteiger partial charge is 0.481 e. The number of H-pyrrole nitrogens is 1. The van der Waals surface area contributed by atoms with Crippen molar-refractivity contribution in [3.05, 3.63) is 18.2 Å². The fourth-order valence-electron chi connectivity index (χ4n) is 2.66. The topological polar surface area (TPSA) is 280 Å². The lowest BCUT2D eigenvalue weighted by molar-refractivity contribution is -0.143. The van der Waals surface area contributed by atoms with Crippen molar-refractivity contribution in [2.75, 3.05) is 6.61 Å². The smallest absolute Gasteiger partial charge is 0.326 e. The number of aliphatic hydroxyl groups is 1. The Morgan fingerprint density at radius 3 is 2.06 bits per heavy atom. The average molecular weight is 485 g/mol. The molecule has 11 N–H and O–H groups in total. The predicted octanol–water partition coefficient (Wildman–Crippen LogP) is -4.45. The van der Waals surface area contributed by atoms with Crippen molar-refractivity contribution in [2.45, 2.75) is 49.9 Å². The third kappa shape index (κ3) is 9.61. The van der Waals surface area contributed by atoms with Crippen molar-refractivity contribution in [3.63, 3.8) is 0 Å². The molecule has 4 amide bonds. The first-order valence-electron chi connectivity index (χ1n) is 9.92. The highest BCUT2D eigenvalue weighted by Gasteiger charge is 2.32. The summed E-state index contributed by atoms with van der Waals surface area (Å²) in [5.74, 6) is -6.82. The van der Waals surface area contributed by atoms with Crippen molar-refractivity contribution < 1.29 is 44.1 Å². The zero-order valence-electron chi connectivity index (χ0n) is 17.9. The molecule has 4 unspecified atom stereocenters. The molecule has 0 saturated carbocycles. The van der Waals surface area contributed by atoms with Gasteiger partial charge in [0.15, 0.2) is 0 Å². The molecule has 0 aliphatic carbocycles. The third-order valence-corrected chi connectivity index (χ3v) is 4.45. The molecule has 34 heavy (non-hydrogen) atoms. The zero-order valence-corrected chi connectivity index (χ0v) is 17.9. The first kappa shape index (κ1) is 28.0. The Hall–Kier alpha value is -4.05. The van der Waals surface area contributed by atoms with E-state index in [1.807, 2.05) is 0 Å². The number of hydrogen-bond donors (Lipinski definition) is 9. The molecule has 188 valence electrons. The van der Waals surface area contributed by atoms with E-state index in [-0.39, 0.29) is 19.3 Å². The summed E-state index contributed by atoms with van der Waals surface area (Å²) in [4.78, 5) is 77.5. The molecule has 0 saturated heterocycles. The normalized spacial score (nSPS) is 14.2. The van der Waals surface area contributed by atoms with Gasteiger partial charge in [-0.15, -0.1) is 0 Å². The van der Waals surface area contributed by atoms with Crippen LogP contribution in [0.2, 0.25) is 0 Å². The van der Waals surface area contributed by atoms with E-state index in [0.29, 0.717) is 5.69 Å². The van der Waals surface area contributed by atoms with Crippen LogP contribution < -0.4 is 27.4 Å². The zero-order chi connectivity index (χ0) is 25.8. The van der Waals surface area contributed by atoms with Gasteiger partial charge in [0.1, 0.15) is 24.2 Å². The van der Waals surface area contributed by atoms with Crippen LogP contribution >= 0.6 is 0 Å². The molecule has 0 aliphatic rings. The average Bonchev–Trinajstić information content (AvgIpc) is 3.27. The number of primary amides is 1.